The molecule has 1 aromatic heterocycles. The van der Waals surface area contributed by atoms with Crippen LogP contribution in [0.15, 0.2) is 192 Å². The Morgan fingerprint density at radius 2 is 0.655 bits per heavy atom. The fraction of sp³-hybridized carbons (Fsp3) is 0. The van der Waals surface area contributed by atoms with Crippen LogP contribution < -0.4 is 0 Å². The first kappa shape index (κ1) is 31.1. The summed E-state index contributed by atoms with van der Waals surface area (Å²) in [6.45, 7) is 0. The Labute approximate surface area is 317 Å². The molecule has 0 saturated heterocycles. The van der Waals surface area contributed by atoms with E-state index in [1.807, 2.05) is 18.2 Å². The number of nitriles is 1. The van der Waals surface area contributed by atoms with Crippen LogP contribution in [-0.2, 0) is 0 Å². The molecule has 1 heterocycles. The average molecular weight is 698 g/mol. The summed E-state index contributed by atoms with van der Waals surface area (Å²) in [4.78, 5) is 0. The normalized spacial score (nSPS) is 11.6. The molecule has 0 fully saturated rings. The number of benzene rings is 10. The van der Waals surface area contributed by atoms with Crippen LogP contribution in [0.3, 0.4) is 0 Å². The smallest absolute Gasteiger partial charge is 0.136 e. The largest absolute Gasteiger partial charge is 0.456 e. The lowest BCUT2D eigenvalue weighted by molar-refractivity contribution is 0.669. The monoisotopic (exact) mass is 697 g/mol. The van der Waals surface area contributed by atoms with Crippen molar-refractivity contribution in [3.05, 3.63) is 194 Å². The van der Waals surface area contributed by atoms with Gasteiger partial charge in [-0.3, -0.25) is 0 Å². The number of furan rings is 1. The van der Waals surface area contributed by atoms with Crippen LogP contribution in [0.1, 0.15) is 5.56 Å². The predicted molar refractivity (Wildman–Crippen MR) is 230 cm³/mol. The fourth-order valence-electron chi connectivity index (χ4n) is 9.13. The molecule has 2 heteroatoms. The van der Waals surface area contributed by atoms with Crippen molar-refractivity contribution in [2.75, 3.05) is 0 Å². The second-order valence-electron chi connectivity index (χ2n) is 14.2. The minimum absolute atomic E-state index is 0.663. The molecule has 0 N–H and O–H groups in total. The Morgan fingerprint density at radius 3 is 1.09 bits per heavy atom. The van der Waals surface area contributed by atoms with Crippen LogP contribution in [0.25, 0.3) is 110 Å². The highest BCUT2D eigenvalue weighted by molar-refractivity contribution is 6.30. The molecule has 10 aromatic carbocycles. The summed E-state index contributed by atoms with van der Waals surface area (Å²) in [7, 11) is 0. The minimum Gasteiger partial charge on any atom is -0.456 e. The van der Waals surface area contributed by atoms with Gasteiger partial charge in [-0.25, -0.2) is 0 Å². The van der Waals surface area contributed by atoms with Gasteiger partial charge in [-0.2, -0.15) is 5.26 Å². The quantitative estimate of drug-likeness (QED) is 0.172. The van der Waals surface area contributed by atoms with Crippen LogP contribution in [0.2, 0.25) is 0 Å². The van der Waals surface area contributed by atoms with Crippen molar-refractivity contribution in [2.45, 2.75) is 0 Å². The van der Waals surface area contributed by atoms with Crippen LogP contribution in [0, 0.1) is 11.3 Å². The molecule has 0 aliphatic heterocycles. The van der Waals surface area contributed by atoms with Gasteiger partial charge >= 0.3 is 0 Å². The highest BCUT2D eigenvalue weighted by Gasteiger charge is 2.24. The predicted octanol–water partition coefficient (Wildman–Crippen LogP) is 14.7. The van der Waals surface area contributed by atoms with E-state index in [0.29, 0.717) is 5.56 Å². The van der Waals surface area contributed by atoms with E-state index in [1.54, 1.807) is 0 Å². The summed E-state index contributed by atoms with van der Waals surface area (Å²) in [5.74, 6) is 0. The average Bonchev–Trinajstić information content (AvgIpc) is 3.65. The summed E-state index contributed by atoms with van der Waals surface area (Å²) in [6.07, 6.45) is 0. The van der Waals surface area contributed by atoms with Gasteiger partial charge in [-0.05, 0) is 100 Å². The molecule has 0 amide bonds. The number of nitrogens with zero attached hydrogens (tertiary/aromatic N) is 1. The molecular formula is C53H31NO. The maximum atomic E-state index is 10.2. The standard InChI is InChI=1S/C53H31NO/c54-32-34-18-4-5-19-35(34)49-40-24-10-12-26-42(40)51(43-27-13-11-25-41(43)49)45-29-15-31-47-53(45)52-44(28-14-30-46(52)55-47)50-38-22-8-6-20-36(38)48(33-16-2-1-3-17-33)37-21-7-9-23-39(37)50/h1-31H. The van der Waals surface area contributed by atoms with Crippen LogP contribution in [-0.4, -0.2) is 0 Å². The molecule has 0 unspecified atom stereocenters. The summed E-state index contributed by atoms with van der Waals surface area (Å²) >= 11 is 0. The minimum atomic E-state index is 0.663. The van der Waals surface area contributed by atoms with Gasteiger partial charge in [-0.1, -0.05) is 170 Å². The molecule has 0 spiro atoms. The van der Waals surface area contributed by atoms with Crippen molar-refractivity contribution in [1.29, 1.82) is 5.26 Å². The lowest BCUT2D eigenvalue weighted by atomic mass is 9.83. The molecule has 11 rings (SSSR count). The van der Waals surface area contributed by atoms with Crippen LogP contribution in [0.5, 0.6) is 0 Å². The highest BCUT2D eigenvalue weighted by Crippen LogP contribution is 2.51. The first-order chi connectivity index (χ1) is 27.3. The second kappa shape index (κ2) is 12.3. The topological polar surface area (TPSA) is 36.9 Å². The summed E-state index contributed by atoms with van der Waals surface area (Å²) in [5, 5.41) is 21.7. The molecule has 2 nitrogen and oxygen atoms in total. The van der Waals surface area contributed by atoms with Crippen molar-refractivity contribution in [3.8, 4) is 50.6 Å². The lowest BCUT2D eigenvalue weighted by Gasteiger charge is -2.19. The second-order valence-corrected chi connectivity index (χ2v) is 14.2. The third kappa shape index (κ3) is 4.61. The molecule has 254 valence electrons. The molecule has 0 aliphatic carbocycles. The van der Waals surface area contributed by atoms with E-state index >= 15 is 0 Å². The van der Waals surface area contributed by atoms with E-state index in [4.69, 9.17) is 4.42 Å². The van der Waals surface area contributed by atoms with Crippen molar-refractivity contribution in [1.82, 2.24) is 0 Å². The van der Waals surface area contributed by atoms with Crippen molar-refractivity contribution < 1.29 is 4.42 Å². The van der Waals surface area contributed by atoms with E-state index in [1.165, 1.54) is 38.2 Å². The number of fused-ring (bicyclic) bond motifs is 7. The maximum absolute atomic E-state index is 10.2. The van der Waals surface area contributed by atoms with E-state index in [-0.39, 0.29) is 0 Å². The first-order valence-corrected chi connectivity index (χ1v) is 18.7. The van der Waals surface area contributed by atoms with Gasteiger partial charge < -0.3 is 4.42 Å². The summed E-state index contributed by atoms with van der Waals surface area (Å²) < 4.78 is 6.81. The Balaban J connectivity index is 1.29. The molecule has 0 bridgehead atoms. The molecule has 0 atom stereocenters. The Hall–Kier alpha value is -7.47. The van der Waals surface area contributed by atoms with Crippen molar-refractivity contribution in [2.24, 2.45) is 0 Å². The van der Waals surface area contributed by atoms with E-state index in [9.17, 15) is 5.26 Å². The number of rotatable bonds is 4. The molecule has 55 heavy (non-hydrogen) atoms. The first-order valence-electron chi connectivity index (χ1n) is 18.7. The van der Waals surface area contributed by atoms with Crippen LogP contribution in [0.4, 0.5) is 0 Å². The van der Waals surface area contributed by atoms with E-state index in [2.05, 4.69) is 176 Å². The van der Waals surface area contributed by atoms with Gasteiger partial charge in [-0.15, -0.1) is 0 Å². The Bertz CT molecular complexity index is 3270. The summed E-state index contributed by atoms with van der Waals surface area (Å²) in [5.41, 5.74) is 11.4. The van der Waals surface area contributed by atoms with Gasteiger partial charge in [0.1, 0.15) is 11.2 Å². The van der Waals surface area contributed by atoms with Crippen LogP contribution >= 0.6 is 0 Å². The highest BCUT2D eigenvalue weighted by atomic mass is 16.3. The number of hydrogen-bond acceptors (Lipinski definition) is 2. The molecular weight excluding hydrogens is 667 g/mol. The zero-order valence-electron chi connectivity index (χ0n) is 29.8. The third-order valence-corrected chi connectivity index (χ3v) is 11.3. The third-order valence-electron chi connectivity index (χ3n) is 11.3. The molecule has 0 aliphatic rings. The van der Waals surface area contributed by atoms with Crippen molar-refractivity contribution >= 4 is 65.0 Å². The fourth-order valence-corrected chi connectivity index (χ4v) is 9.13. The maximum Gasteiger partial charge on any atom is 0.136 e. The lowest BCUT2D eigenvalue weighted by Crippen LogP contribution is -1.93. The van der Waals surface area contributed by atoms with Gasteiger partial charge in [0.2, 0.25) is 0 Å². The zero-order valence-corrected chi connectivity index (χ0v) is 29.8. The SMILES string of the molecule is N#Cc1ccccc1-c1c2ccccc2c(-c2cccc3oc4cccc(-c5c6ccccc6c(-c6ccccc6)c6ccccc56)c4c23)c2ccccc12. The van der Waals surface area contributed by atoms with Crippen molar-refractivity contribution in [3.63, 3.8) is 0 Å². The van der Waals surface area contributed by atoms with Gasteiger partial charge in [0.25, 0.3) is 0 Å². The van der Waals surface area contributed by atoms with Gasteiger partial charge in [0.15, 0.2) is 0 Å². The van der Waals surface area contributed by atoms with Gasteiger partial charge in [0, 0.05) is 16.3 Å². The molecule has 0 saturated carbocycles. The number of hydrogen-bond donors (Lipinski definition) is 0. The Morgan fingerprint density at radius 1 is 0.309 bits per heavy atom. The molecule has 11 aromatic rings. The Kier molecular flexibility index (Phi) is 6.96. The van der Waals surface area contributed by atoms with E-state index in [0.717, 1.165) is 71.3 Å². The summed E-state index contributed by atoms with van der Waals surface area (Å²) in [6, 6.07) is 69.0. The van der Waals surface area contributed by atoms with Gasteiger partial charge in [0.05, 0.1) is 11.6 Å². The zero-order chi connectivity index (χ0) is 36.5. The molecule has 0 radical (unpaired) electrons. The van der Waals surface area contributed by atoms with E-state index < -0.39 is 0 Å².